The van der Waals surface area contributed by atoms with Gasteiger partial charge in [-0.25, -0.2) is 0 Å². The predicted molar refractivity (Wildman–Crippen MR) is 76.9 cm³/mol. The Balaban J connectivity index is 4.25. The molecule has 5 heteroatoms. The highest BCUT2D eigenvalue weighted by molar-refractivity contribution is 5.81. The van der Waals surface area contributed by atoms with E-state index in [9.17, 15) is 5.11 Å². The van der Waals surface area contributed by atoms with Crippen LogP contribution in [0, 0.1) is 11.3 Å². The summed E-state index contributed by atoms with van der Waals surface area (Å²) in [4.78, 5) is 0. The van der Waals surface area contributed by atoms with Gasteiger partial charge in [0.1, 0.15) is 12.1 Å². The molecule has 2 unspecified atom stereocenters. The second-order valence-corrected chi connectivity index (χ2v) is 4.59. The van der Waals surface area contributed by atoms with Gasteiger partial charge >= 0.3 is 0 Å². The quantitative estimate of drug-likeness (QED) is 0.203. The number of hydrogen-bond acceptors (Lipinski definition) is 4. The normalized spacial score (nSPS) is 14.8. The lowest BCUT2D eigenvalue weighted by molar-refractivity contribution is 0.121. The summed E-state index contributed by atoms with van der Waals surface area (Å²) in [6.07, 6.45) is 3.73. The van der Waals surface area contributed by atoms with Gasteiger partial charge in [0.05, 0.1) is 0 Å². The Morgan fingerprint density at radius 1 is 1.50 bits per heavy atom. The maximum absolute atomic E-state index is 9.78. The van der Waals surface area contributed by atoms with Crippen LogP contribution < -0.4 is 5.32 Å². The highest BCUT2D eigenvalue weighted by Crippen LogP contribution is 2.12. The van der Waals surface area contributed by atoms with Gasteiger partial charge in [0.2, 0.25) is 0 Å². The number of nitrogens with one attached hydrogen (secondary N) is 2. The van der Waals surface area contributed by atoms with Crippen molar-refractivity contribution < 1.29 is 5.11 Å². The molecule has 0 bridgehead atoms. The van der Waals surface area contributed by atoms with E-state index >= 15 is 0 Å². The summed E-state index contributed by atoms with van der Waals surface area (Å²) in [5.41, 5.74) is 0. The molecular weight excluding hydrogens is 228 g/mol. The van der Waals surface area contributed by atoms with Crippen molar-refractivity contribution in [1.29, 1.82) is 5.41 Å². The molecule has 3 N–H and O–H groups in total. The summed E-state index contributed by atoms with van der Waals surface area (Å²) in [7, 11) is 0. The number of allylic oxidation sites excluding steroid dienone is 1. The first-order valence-electron chi connectivity index (χ1n) is 6.30. The van der Waals surface area contributed by atoms with Crippen molar-refractivity contribution in [2.24, 2.45) is 11.0 Å². The van der Waals surface area contributed by atoms with Crippen LogP contribution in [-0.4, -0.2) is 41.5 Å². The van der Waals surface area contributed by atoms with Crippen molar-refractivity contribution in [2.45, 2.75) is 46.4 Å². The van der Waals surface area contributed by atoms with E-state index in [1.165, 1.54) is 0 Å². The minimum absolute atomic E-state index is 0.0778. The van der Waals surface area contributed by atoms with Crippen LogP contribution in [-0.2, 0) is 0 Å². The number of amidine groups is 1. The highest BCUT2D eigenvalue weighted by Gasteiger charge is 2.20. The molecule has 0 aliphatic carbocycles. The summed E-state index contributed by atoms with van der Waals surface area (Å²) < 4.78 is 0. The van der Waals surface area contributed by atoms with Crippen LogP contribution >= 0.6 is 0 Å². The van der Waals surface area contributed by atoms with Gasteiger partial charge in [-0.1, -0.05) is 19.1 Å². The maximum atomic E-state index is 9.78. The molecule has 2 atom stereocenters. The first-order valence-corrected chi connectivity index (χ1v) is 6.30. The largest absolute Gasteiger partial charge is 0.379 e. The SMILES string of the molecule is C=NN(C(=N)C(C)CC(O)NCC=CC)C(C)C. The van der Waals surface area contributed by atoms with Crippen molar-refractivity contribution in [2.75, 3.05) is 6.54 Å². The second kappa shape index (κ2) is 8.83. The van der Waals surface area contributed by atoms with Gasteiger partial charge in [-0.2, -0.15) is 5.10 Å². The zero-order valence-corrected chi connectivity index (χ0v) is 11.8. The van der Waals surface area contributed by atoms with E-state index in [-0.39, 0.29) is 12.0 Å². The lowest BCUT2D eigenvalue weighted by Crippen LogP contribution is -2.39. The van der Waals surface area contributed by atoms with Gasteiger partial charge in [0.25, 0.3) is 0 Å². The molecule has 104 valence electrons. The first kappa shape index (κ1) is 16.8. The number of aliphatic hydroxyl groups excluding tert-OH is 1. The van der Waals surface area contributed by atoms with E-state index in [0.29, 0.717) is 18.8 Å². The lowest BCUT2D eigenvalue weighted by Gasteiger charge is -2.28. The number of aliphatic hydroxyl groups is 1. The van der Waals surface area contributed by atoms with Gasteiger partial charge in [-0.05, 0) is 27.2 Å². The molecule has 0 spiro atoms. The molecule has 0 aromatic heterocycles. The summed E-state index contributed by atoms with van der Waals surface area (Å²) in [5, 5.41) is 26.2. The molecule has 0 aromatic rings. The van der Waals surface area contributed by atoms with Crippen LogP contribution in [0.3, 0.4) is 0 Å². The third kappa shape index (κ3) is 5.93. The Labute approximate surface area is 110 Å². The minimum Gasteiger partial charge on any atom is -0.379 e. The van der Waals surface area contributed by atoms with E-state index in [4.69, 9.17) is 5.41 Å². The molecule has 0 fully saturated rings. The number of hydrazone groups is 1. The van der Waals surface area contributed by atoms with Crippen molar-refractivity contribution in [3.05, 3.63) is 12.2 Å². The average Bonchev–Trinajstić information content (AvgIpc) is 2.29. The van der Waals surface area contributed by atoms with Gasteiger partial charge in [0, 0.05) is 25.2 Å². The van der Waals surface area contributed by atoms with E-state index in [1.807, 2.05) is 39.8 Å². The summed E-state index contributed by atoms with van der Waals surface area (Å²) in [6.45, 7) is 11.9. The molecule has 0 amide bonds. The van der Waals surface area contributed by atoms with E-state index < -0.39 is 6.23 Å². The Bertz CT molecular complexity index is 289. The van der Waals surface area contributed by atoms with Crippen molar-refractivity contribution in [3.8, 4) is 0 Å². The number of hydrogen-bond donors (Lipinski definition) is 3. The van der Waals surface area contributed by atoms with Crippen LogP contribution in [0.4, 0.5) is 0 Å². The summed E-state index contributed by atoms with van der Waals surface area (Å²) in [5.74, 6) is 0.304. The van der Waals surface area contributed by atoms with Crippen LogP contribution in [0.15, 0.2) is 17.3 Å². The standard InChI is InChI=1S/C13H26N4O/c1-6-7-8-16-12(18)9-11(4)13(14)17(15-5)10(2)3/h6-7,10-12,14,16,18H,5,8-9H2,1-4H3. The molecule has 0 aliphatic rings. The molecule has 0 heterocycles. The second-order valence-electron chi connectivity index (χ2n) is 4.59. The average molecular weight is 254 g/mol. The third-order valence-corrected chi connectivity index (χ3v) is 2.64. The van der Waals surface area contributed by atoms with Crippen LogP contribution in [0.25, 0.3) is 0 Å². The van der Waals surface area contributed by atoms with Crippen molar-refractivity contribution in [3.63, 3.8) is 0 Å². The molecule has 18 heavy (non-hydrogen) atoms. The third-order valence-electron chi connectivity index (χ3n) is 2.64. The zero-order valence-electron chi connectivity index (χ0n) is 11.8. The number of nitrogens with zero attached hydrogens (tertiary/aromatic N) is 2. The van der Waals surface area contributed by atoms with E-state index in [2.05, 4.69) is 17.1 Å². The van der Waals surface area contributed by atoms with Gasteiger partial charge in [0.15, 0.2) is 0 Å². The topological polar surface area (TPSA) is 71.7 Å². The van der Waals surface area contributed by atoms with Crippen LogP contribution in [0.5, 0.6) is 0 Å². The smallest absolute Gasteiger partial charge is 0.120 e. The molecule has 0 rings (SSSR count). The Morgan fingerprint density at radius 2 is 2.11 bits per heavy atom. The summed E-state index contributed by atoms with van der Waals surface area (Å²) in [6, 6.07) is 0.102. The van der Waals surface area contributed by atoms with Crippen LogP contribution in [0.1, 0.15) is 34.1 Å². The zero-order chi connectivity index (χ0) is 14.1. The molecule has 0 aliphatic heterocycles. The molecule has 0 radical (unpaired) electrons. The summed E-state index contributed by atoms with van der Waals surface area (Å²) >= 11 is 0. The fourth-order valence-corrected chi connectivity index (χ4v) is 1.60. The fraction of sp³-hybridized carbons (Fsp3) is 0.692. The lowest BCUT2D eigenvalue weighted by atomic mass is 10.0. The Hall–Kier alpha value is -1.20. The Kier molecular flexibility index (Phi) is 8.24. The molecule has 0 saturated carbocycles. The molecule has 5 nitrogen and oxygen atoms in total. The van der Waals surface area contributed by atoms with Crippen molar-refractivity contribution >= 4 is 12.6 Å². The number of rotatable bonds is 8. The van der Waals surface area contributed by atoms with Crippen molar-refractivity contribution in [1.82, 2.24) is 10.3 Å². The Morgan fingerprint density at radius 3 is 2.56 bits per heavy atom. The maximum Gasteiger partial charge on any atom is 0.120 e. The first-order chi connectivity index (χ1) is 8.43. The predicted octanol–water partition coefficient (Wildman–Crippen LogP) is 1.80. The van der Waals surface area contributed by atoms with Gasteiger partial charge in [-0.15, -0.1) is 0 Å². The monoisotopic (exact) mass is 254 g/mol. The molecule has 0 aromatic carbocycles. The van der Waals surface area contributed by atoms with E-state index in [1.54, 1.807) is 5.01 Å². The minimum atomic E-state index is -0.615. The van der Waals surface area contributed by atoms with Gasteiger partial charge in [-0.3, -0.25) is 15.7 Å². The van der Waals surface area contributed by atoms with Crippen LogP contribution in [0.2, 0.25) is 0 Å². The fourth-order valence-electron chi connectivity index (χ4n) is 1.60. The van der Waals surface area contributed by atoms with E-state index in [0.717, 1.165) is 0 Å². The molecular formula is C13H26N4O. The molecule has 0 saturated heterocycles. The highest BCUT2D eigenvalue weighted by atomic mass is 16.3. The van der Waals surface area contributed by atoms with Gasteiger partial charge < -0.3 is 5.11 Å².